The lowest BCUT2D eigenvalue weighted by molar-refractivity contribution is -0.0498. The molecule has 0 bridgehead atoms. The normalized spacial score (nSPS) is 11.7. The maximum absolute atomic E-state index is 12.3. The SMILES string of the molecule is Cc1ccc(S(=O)(=O)NCc2cccc(OC(F)F)c2)c(Br)c1. The fraction of sp³-hybridized carbons (Fsp3) is 0.200. The van der Waals surface area contributed by atoms with Gasteiger partial charge < -0.3 is 4.74 Å². The van der Waals surface area contributed by atoms with Crippen molar-refractivity contribution in [1.29, 1.82) is 0 Å². The van der Waals surface area contributed by atoms with E-state index in [0.29, 0.717) is 10.0 Å². The average molecular weight is 406 g/mol. The Morgan fingerprint density at radius 2 is 1.96 bits per heavy atom. The van der Waals surface area contributed by atoms with Crippen LogP contribution in [-0.2, 0) is 16.6 Å². The summed E-state index contributed by atoms with van der Waals surface area (Å²) in [5, 5.41) is 0. The molecule has 0 unspecified atom stereocenters. The van der Waals surface area contributed by atoms with Crippen molar-refractivity contribution in [3.05, 3.63) is 58.1 Å². The van der Waals surface area contributed by atoms with Gasteiger partial charge in [-0.2, -0.15) is 8.78 Å². The smallest absolute Gasteiger partial charge is 0.387 e. The number of hydrogen-bond donors (Lipinski definition) is 1. The number of benzene rings is 2. The van der Waals surface area contributed by atoms with Gasteiger partial charge in [-0.1, -0.05) is 18.2 Å². The lowest BCUT2D eigenvalue weighted by atomic mass is 10.2. The van der Waals surface area contributed by atoms with Gasteiger partial charge in [0.1, 0.15) is 5.75 Å². The zero-order chi connectivity index (χ0) is 17.0. The molecular weight excluding hydrogens is 392 g/mol. The Kier molecular flexibility index (Phi) is 5.72. The lowest BCUT2D eigenvalue weighted by Gasteiger charge is -2.10. The third kappa shape index (κ3) is 4.98. The van der Waals surface area contributed by atoms with Crippen molar-refractivity contribution >= 4 is 26.0 Å². The maximum Gasteiger partial charge on any atom is 0.387 e. The molecule has 0 aliphatic carbocycles. The minimum atomic E-state index is -3.73. The first-order valence-corrected chi connectivity index (χ1v) is 8.85. The molecule has 2 aromatic rings. The fourth-order valence-corrected chi connectivity index (χ4v) is 4.12. The summed E-state index contributed by atoms with van der Waals surface area (Å²) in [5.74, 6) is -0.0202. The van der Waals surface area contributed by atoms with Gasteiger partial charge in [-0.15, -0.1) is 0 Å². The molecule has 2 aromatic carbocycles. The van der Waals surface area contributed by atoms with Gasteiger partial charge >= 0.3 is 6.61 Å². The fourth-order valence-electron chi connectivity index (χ4n) is 1.91. The van der Waals surface area contributed by atoms with E-state index in [0.717, 1.165) is 5.56 Å². The minimum absolute atomic E-state index is 0.0202. The van der Waals surface area contributed by atoms with E-state index in [1.54, 1.807) is 18.2 Å². The average Bonchev–Trinajstić information content (AvgIpc) is 2.44. The number of rotatable bonds is 6. The number of aryl methyl sites for hydroxylation is 1. The number of alkyl halides is 2. The zero-order valence-electron chi connectivity index (χ0n) is 12.1. The standard InChI is InChI=1S/C15H14BrF2NO3S/c1-10-5-6-14(13(16)7-10)23(20,21)19-9-11-3-2-4-12(8-11)22-15(17)18/h2-8,15,19H,9H2,1H3. The van der Waals surface area contributed by atoms with Gasteiger partial charge in [-0.05, 0) is 58.2 Å². The molecule has 0 fully saturated rings. The number of ether oxygens (including phenoxy) is 1. The second kappa shape index (κ2) is 7.37. The molecule has 0 aromatic heterocycles. The topological polar surface area (TPSA) is 55.4 Å². The van der Waals surface area contributed by atoms with Crippen LogP contribution in [0.4, 0.5) is 8.78 Å². The van der Waals surface area contributed by atoms with Crippen LogP contribution < -0.4 is 9.46 Å². The molecule has 0 saturated carbocycles. The summed E-state index contributed by atoms with van der Waals surface area (Å²) in [7, 11) is -3.73. The molecule has 0 heterocycles. The van der Waals surface area contributed by atoms with E-state index < -0.39 is 16.6 Å². The summed E-state index contributed by atoms with van der Waals surface area (Å²) in [5.41, 5.74) is 1.43. The molecule has 23 heavy (non-hydrogen) atoms. The van der Waals surface area contributed by atoms with Gasteiger partial charge in [0.05, 0.1) is 4.90 Å². The highest BCUT2D eigenvalue weighted by atomic mass is 79.9. The molecule has 0 aliphatic rings. The molecule has 0 aliphatic heterocycles. The Hall–Kier alpha value is -1.51. The molecule has 0 atom stereocenters. The first-order valence-electron chi connectivity index (χ1n) is 6.57. The van der Waals surface area contributed by atoms with Gasteiger partial charge in [0.25, 0.3) is 0 Å². The molecule has 0 saturated heterocycles. The Morgan fingerprint density at radius 3 is 2.61 bits per heavy atom. The van der Waals surface area contributed by atoms with Crippen LogP contribution in [0.25, 0.3) is 0 Å². The molecule has 0 spiro atoms. The van der Waals surface area contributed by atoms with Gasteiger partial charge in [-0.25, -0.2) is 13.1 Å². The Balaban J connectivity index is 2.13. The van der Waals surface area contributed by atoms with Gasteiger partial charge in [-0.3, -0.25) is 0 Å². The molecule has 1 N–H and O–H groups in total. The van der Waals surface area contributed by atoms with Gasteiger partial charge in [0.15, 0.2) is 0 Å². The van der Waals surface area contributed by atoms with E-state index in [-0.39, 0.29) is 17.2 Å². The monoisotopic (exact) mass is 405 g/mol. The van der Waals surface area contributed by atoms with E-state index >= 15 is 0 Å². The molecule has 0 radical (unpaired) electrons. The molecule has 8 heteroatoms. The summed E-state index contributed by atoms with van der Waals surface area (Å²) in [4.78, 5) is 0.114. The number of nitrogens with one attached hydrogen (secondary N) is 1. The first-order chi connectivity index (χ1) is 10.8. The van der Waals surface area contributed by atoms with Crippen molar-refractivity contribution in [1.82, 2.24) is 4.72 Å². The van der Waals surface area contributed by atoms with Gasteiger partial charge in [0, 0.05) is 11.0 Å². The largest absolute Gasteiger partial charge is 0.435 e. The number of sulfonamides is 1. The first kappa shape index (κ1) is 17.8. The Bertz CT molecular complexity index is 797. The highest BCUT2D eigenvalue weighted by Crippen LogP contribution is 2.23. The maximum atomic E-state index is 12.3. The molecule has 0 amide bonds. The quantitative estimate of drug-likeness (QED) is 0.794. The molecular formula is C15H14BrF2NO3S. The third-order valence-electron chi connectivity index (χ3n) is 2.97. The predicted octanol–water partition coefficient (Wildman–Crippen LogP) is 3.84. The summed E-state index contributed by atoms with van der Waals surface area (Å²) in [6.07, 6.45) is 0. The Morgan fingerprint density at radius 1 is 1.22 bits per heavy atom. The number of halogens is 3. The van der Waals surface area contributed by atoms with Crippen LogP contribution in [0, 0.1) is 6.92 Å². The van der Waals surface area contributed by atoms with Gasteiger partial charge in [0.2, 0.25) is 10.0 Å². The summed E-state index contributed by atoms with van der Waals surface area (Å²) >= 11 is 3.23. The summed E-state index contributed by atoms with van der Waals surface area (Å²) in [6.45, 7) is -1.11. The van der Waals surface area contributed by atoms with Crippen molar-refractivity contribution in [2.24, 2.45) is 0 Å². The van der Waals surface area contributed by atoms with Crippen molar-refractivity contribution in [2.45, 2.75) is 25.0 Å². The number of hydrogen-bond acceptors (Lipinski definition) is 3. The highest BCUT2D eigenvalue weighted by Gasteiger charge is 2.17. The second-order valence-corrected chi connectivity index (χ2v) is 7.37. The zero-order valence-corrected chi connectivity index (χ0v) is 14.5. The van der Waals surface area contributed by atoms with E-state index in [9.17, 15) is 17.2 Å². The Labute approximate surface area is 141 Å². The summed E-state index contributed by atoms with van der Waals surface area (Å²) in [6, 6.07) is 10.8. The molecule has 124 valence electrons. The molecule has 4 nitrogen and oxygen atoms in total. The van der Waals surface area contributed by atoms with Crippen LogP contribution in [0.15, 0.2) is 51.8 Å². The van der Waals surface area contributed by atoms with Crippen molar-refractivity contribution in [2.75, 3.05) is 0 Å². The van der Waals surface area contributed by atoms with Crippen LogP contribution in [0.2, 0.25) is 0 Å². The van der Waals surface area contributed by atoms with Crippen molar-refractivity contribution in [3.8, 4) is 5.75 Å². The van der Waals surface area contributed by atoms with Crippen LogP contribution in [0.5, 0.6) is 5.75 Å². The minimum Gasteiger partial charge on any atom is -0.435 e. The summed E-state index contributed by atoms with van der Waals surface area (Å²) < 4.78 is 56.2. The van der Waals surface area contributed by atoms with Crippen LogP contribution in [0.3, 0.4) is 0 Å². The van der Waals surface area contributed by atoms with E-state index in [2.05, 4.69) is 25.4 Å². The third-order valence-corrected chi connectivity index (χ3v) is 5.34. The van der Waals surface area contributed by atoms with E-state index in [4.69, 9.17) is 0 Å². The van der Waals surface area contributed by atoms with Crippen LogP contribution in [0.1, 0.15) is 11.1 Å². The van der Waals surface area contributed by atoms with Crippen LogP contribution in [-0.4, -0.2) is 15.0 Å². The van der Waals surface area contributed by atoms with E-state index in [1.165, 1.54) is 24.3 Å². The highest BCUT2D eigenvalue weighted by molar-refractivity contribution is 9.10. The predicted molar refractivity (Wildman–Crippen MR) is 86.0 cm³/mol. The van der Waals surface area contributed by atoms with Crippen molar-refractivity contribution < 1.29 is 21.9 Å². The van der Waals surface area contributed by atoms with Crippen LogP contribution >= 0.6 is 15.9 Å². The second-order valence-electron chi connectivity index (χ2n) is 4.78. The van der Waals surface area contributed by atoms with E-state index in [1.807, 2.05) is 6.92 Å². The molecule has 2 rings (SSSR count). The van der Waals surface area contributed by atoms with Crippen molar-refractivity contribution in [3.63, 3.8) is 0 Å². The lowest BCUT2D eigenvalue weighted by Crippen LogP contribution is -2.23.